The molecule has 2 fully saturated rings. The minimum atomic E-state index is -0.634. The second-order valence-corrected chi connectivity index (χ2v) is 6.20. The Kier molecular flexibility index (Phi) is 3.34. The average molecular weight is 306 g/mol. The normalized spacial score (nSPS) is 35.5. The average Bonchev–Trinajstić information content (AvgIpc) is 3.04. The van der Waals surface area contributed by atoms with Crippen LogP contribution in [-0.2, 0) is 18.9 Å². The van der Waals surface area contributed by atoms with Crippen molar-refractivity contribution in [2.45, 2.75) is 50.6 Å². The molecule has 0 radical (unpaired) electrons. The van der Waals surface area contributed by atoms with E-state index in [4.69, 9.17) is 28.3 Å². The van der Waals surface area contributed by atoms with Gasteiger partial charge in [0, 0.05) is 13.5 Å². The molecule has 2 saturated heterocycles. The van der Waals surface area contributed by atoms with E-state index in [0.717, 1.165) is 11.5 Å². The van der Waals surface area contributed by atoms with E-state index >= 15 is 0 Å². The molecule has 0 N–H and O–H groups in total. The van der Waals surface area contributed by atoms with Crippen LogP contribution in [0.3, 0.4) is 0 Å². The molecule has 4 rings (SSSR count). The van der Waals surface area contributed by atoms with E-state index in [-0.39, 0.29) is 18.2 Å². The van der Waals surface area contributed by atoms with Crippen LogP contribution in [0.5, 0.6) is 11.5 Å². The van der Waals surface area contributed by atoms with Gasteiger partial charge in [-0.15, -0.1) is 0 Å². The highest BCUT2D eigenvalue weighted by atomic mass is 16.8. The Morgan fingerprint density at radius 2 is 1.82 bits per heavy atom. The molecule has 1 aromatic rings. The van der Waals surface area contributed by atoms with Crippen molar-refractivity contribution in [2.75, 3.05) is 7.11 Å². The van der Waals surface area contributed by atoms with Crippen LogP contribution >= 0.6 is 0 Å². The molecule has 22 heavy (non-hydrogen) atoms. The van der Waals surface area contributed by atoms with Gasteiger partial charge in [0.2, 0.25) is 0 Å². The first-order valence-electron chi connectivity index (χ1n) is 7.52. The molecule has 118 valence electrons. The van der Waals surface area contributed by atoms with Crippen LogP contribution in [0.25, 0.3) is 0 Å². The van der Waals surface area contributed by atoms with Gasteiger partial charge in [-0.05, 0) is 26.0 Å². The van der Waals surface area contributed by atoms with Crippen LogP contribution < -0.4 is 9.31 Å². The molecule has 0 aliphatic carbocycles. The molecule has 6 nitrogen and oxygen atoms in total. The first-order valence-corrected chi connectivity index (χ1v) is 7.52. The Morgan fingerprint density at radius 1 is 1.14 bits per heavy atom. The summed E-state index contributed by atoms with van der Waals surface area (Å²) in [4.78, 5) is 0. The number of methoxy groups -OCH3 is 1. The lowest BCUT2D eigenvalue weighted by molar-refractivity contribution is -0.230. The fourth-order valence-electron chi connectivity index (χ4n) is 3.25. The largest absolute Gasteiger partial charge is 0.626 e. The zero-order valence-corrected chi connectivity index (χ0v) is 12.9. The van der Waals surface area contributed by atoms with Crippen molar-refractivity contribution < 1.29 is 28.3 Å². The molecule has 3 heterocycles. The summed E-state index contributed by atoms with van der Waals surface area (Å²) in [6.45, 7) is 3.79. The lowest BCUT2D eigenvalue weighted by atomic mass is 9.76. The molecule has 0 amide bonds. The third kappa shape index (κ3) is 2.38. The lowest BCUT2D eigenvalue weighted by Crippen LogP contribution is -2.54. The second-order valence-electron chi connectivity index (χ2n) is 6.20. The maximum absolute atomic E-state index is 5.98. The van der Waals surface area contributed by atoms with Crippen LogP contribution in [0.2, 0.25) is 0 Å². The minimum Gasteiger partial charge on any atom is -0.522 e. The number of fused-ring (bicyclic) bond motifs is 2. The number of hydrogen-bond donors (Lipinski definition) is 0. The van der Waals surface area contributed by atoms with Crippen molar-refractivity contribution in [2.24, 2.45) is 0 Å². The van der Waals surface area contributed by atoms with Crippen LogP contribution in [0.15, 0.2) is 24.3 Å². The summed E-state index contributed by atoms with van der Waals surface area (Å²) in [5.74, 6) is 0.831. The van der Waals surface area contributed by atoms with Crippen LogP contribution in [0, 0.1) is 0 Å². The van der Waals surface area contributed by atoms with Crippen LogP contribution in [0.1, 0.15) is 20.3 Å². The first-order chi connectivity index (χ1) is 10.6. The molecule has 7 heteroatoms. The smallest absolute Gasteiger partial charge is 0.522 e. The third-order valence-electron chi connectivity index (χ3n) is 4.13. The molecule has 3 aliphatic rings. The van der Waals surface area contributed by atoms with Gasteiger partial charge in [-0.1, -0.05) is 12.1 Å². The van der Waals surface area contributed by atoms with Gasteiger partial charge >= 0.3 is 7.12 Å². The molecule has 3 unspecified atom stereocenters. The molecular formula is C15H19BO6. The van der Waals surface area contributed by atoms with E-state index in [1.54, 1.807) is 7.11 Å². The van der Waals surface area contributed by atoms with Crippen molar-refractivity contribution in [3.05, 3.63) is 24.3 Å². The molecule has 4 atom stereocenters. The highest BCUT2D eigenvalue weighted by Gasteiger charge is 2.55. The van der Waals surface area contributed by atoms with Gasteiger partial charge in [-0.3, -0.25) is 0 Å². The van der Waals surface area contributed by atoms with E-state index in [1.165, 1.54) is 0 Å². The van der Waals surface area contributed by atoms with Gasteiger partial charge in [-0.25, -0.2) is 0 Å². The number of hydrogen-bond acceptors (Lipinski definition) is 6. The van der Waals surface area contributed by atoms with Gasteiger partial charge in [0.25, 0.3) is 0 Å². The second kappa shape index (κ2) is 5.13. The van der Waals surface area contributed by atoms with E-state index < -0.39 is 19.2 Å². The van der Waals surface area contributed by atoms with Crippen LogP contribution in [-0.4, -0.2) is 44.5 Å². The third-order valence-corrected chi connectivity index (χ3v) is 4.13. The summed E-state index contributed by atoms with van der Waals surface area (Å²) >= 11 is 0. The molecular weight excluding hydrogens is 287 g/mol. The summed E-state index contributed by atoms with van der Waals surface area (Å²) in [5.41, 5.74) is 0. The van der Waals surface area contributed by atoms with Gasteiger partial charge in [-0.2, -0.15) is 0 Å². The van der Waals surface area contributed by atoms with Gasteiger partial charge in [0.05, 0.1) is 6.10 Å². The van der Waals surface area contributed by atoms with Gasteiger partial charge < -0.3 is 28.3 Å². The molecule has 3 aliphatic heterocycles. The Morgan fingerprint density at radius 3 is 2.45 bits per heavy atom. The molecule has 1 aromatic carbocycles. The Balaban J connectivity index is 1.51. The Bertz CT molecular complexity index is 540. The monoisotopic (exact) mass is 306 g/mol. The fraction of sp³-hybridized carbons (Fsp3) is 0.600. The molecule has 0 spiro atoms. The predicted molar refractivity (Wildman–Crippen MR) is 77.6 cm³/mol. The van der Waals surface area contributed by atoms with Crippen molar-refractivity contribution in [1.82, 2.24) is 0 Å². The lowest BCUT2D eigenvalue weighted by Gasteiger charge is -2.35. The Labute approximate surface area is 129 Å². The van der Waals surface area contributed by atoms with Gasteiger partial charge in [0.1, 0.15) is 23.6 Å². The SMILES string of the molecule is COC1O[C@@H](B2Oc3ccccc3O2)CC2OC(C)(C)OC21. The number of ether oxygens (including phenoxy) is 4. The maximum Gasteiger partial charge on any atom is 0.626 e. The molecule has 0 saturated carbocycles. The van der Waals surface area contributed by atoms with Crippen molar-refractivity contribution >= 4 is 7.12 Å². The van der Waals surface area contributed by atoms with Crippen molar-refractivity contribution in [1.29, 1.82) is 0 Å². The first kappa shape index (κ1) is 14.3. The number of benzene rings is 1. The Hall–Kier alpha value is -1.28. The quantitative estimate of drug-likeness (QED) is 0.776. The predicted octanol–water partition coefficient (Wildman–Crippen LogP) is 1.77. The zero-order valence-electron chi connectivity index (χ0n) is 12.9. The summed E-state index contributed by atoms with van der Waals surface area (Å²) in [5, 5.41) is 0. The van der Waals surface area contributed by atoms with Crippen molar-refractivity contribution in [3.63, 3.8) is 0 Å². The fourth-order valence-corrected chi connectivity index (χ4v) is 3.25. The standard InChI is InChI=1S/C15H19BO6/c1-15(2)19-11-8-12(18-14(17-3)13(11)20-15)16-21-9-6-4-5-7-10(9)22-16/h4-7,11-14H,8H2,1-3H3/t11?,12-,13?,14?/m1/s1. The topological polar surface area (TPSA) is 55.4 Å². The number of para-hydroxylation sites is 2. The van der Waals surface area contributed by atoms with E-state index in [0.29, 0.717) is 6.42 Å². The van der Waals surface area contributed by atoms with Crippen molar-refractivity contribution in [3.8, 4) is 11.5 Å². The highest BCUT2D eigenvalue weighted by molar-refractivity contribution is 6.49. The summed E-state index contributed by atoms with van der Waals surface area (Å²) in [6, 6.07) is 7.31. The molecule has 0 bridgehead atoms. The summed E-state index contributed by atoms with van der Waals surface area (Å²) in [7, 11) is 1.10. The zero-order chi connectivity index (χ0) is 15.3. The van der Waals surface area contributed by atoms with Gasteiger partial charge in [0.15, 0.2) is 12.1 Å². The van der Waals surface area contributed by atoms with E-state index in [1.807, 2.05) is 38.1 Å². The maximum atomic E-state index is 5.98. The minimum absolute atomic E-state index is 0.102. The van der Waals surface area contributed by atoms with E-state index in [2.05, 4.69) is 0 Å². The summed E-state index contributed by atoms with van der Waals surface area (Å²) < 4.78 is 34.9. The number of rotatable bonds is 2. The van der Waals surface area contributed by atoms with E-state index in [9.17, 15) is 0 Å². The summed E-state index contributed by atoms with van der Waals surface area (Å²) in [6.07, 6.45) is -0.205. The molecule has 0 aromatic heterocycles. The van der Waals surface area contributed by atoms with Crippen LogP contribution in [0.4, 0.5) is 0 Å². The highest BCUT2D eigenvalue weighted by Crippen LogP contribution is 2.40.